The van der Waals surface area contributed by atoms with Crippen molar-refractivity contribution in [2.75, 3.05) is 5.32 Å². The minimum atomic E-state index is -4.65. The fourth-order valence-electron chi connectivity index (χ4n) is 0.828. The quantitative estimate of drug-likeness (QED) is 0.774. The number of imide groups is 1. The van der Waals surface area contributed by atoms with Crippen LogP contribution in [0.5, 0.6) is 0 Å². The molecule has 0 aliphatic rings. The van der Waals surface area contributed by atoms with Crippen molar-refractivity contribution in [3.8, 4) is 0 Å². The fourth-order valence-corrected chi connectivity index (χ4v) is 0.828. The number of rotatable bonds is 1. The Bertz CT molecular complexity index is 429. The lowest BCUT2D eigenvalue weighted by atomic mass is 10.5. The van der Waals surface area contributed by atoms with Gasteiger partial charge in [0.05, 0.1) is 18.1 Å². The number of nitrogens with zero attached hydrogens (tertiary/aromatic N) is 2. The topological polar surface area (TPSA) is 84.0 Å². The van der Waals surface area contributed by atoms with Crippen LogP contribution in [-0.4, -0.2) is 21.9 Å². The van der Waals surface area contributed by atoms with Crippen LogP contribution in [0.4, 0.5) is 23.7 Å². The Labute approximate surface area is 93.2 Å². The zero-order chi connectivity index (χ0) is 13.1. The van der Waals surface area contributed by atoms with Crippen molar-refractivity contribution >= 4 is 17.6 Å². The number of aromatic nitrogens is 2. The van der Waals surface area contributed by atoms with Gasteiger partial charge in [0, 0.05) is 6.92 Å². The summed E-state index contributed by atoms with van der Waals surface area (Å²) in [4.78, 5) is 27.3. The summed E-state index contributed by atoms with van der Waals surface area (Å²) in [6.45, 7) is 2.88. The van der Waals surface area contributed by atoms with Gasteiger partial charge in [-0.1, -0.05) is 0 Å². The van der Waals surface area contributed by atoms with E-state index in [0.29, 0.717) is 0 Å². The van der Waals surface area contributed by atoms with Crippen LogP contribution in [0.25, 0.3) is 0 Å². The number of hydrogen-bond donors (Lipinski definition) is 2. The lowest BCUT2D eigenvalue weighted by molar-refractivity contribution is -0.145. The van der Waals surface area contributed by atoms with Gasteiger partial charge in [-0.3, -0.25) is 10.1 Å². The minimum Gasteiger partial charge on any atom is -0.305 e. The van der Waals surface area contributed by atoms with Gasteiger partial charge in [-0.15, -0.1) is 0 Å². The molecular weight excluding hydrogens is 241 g/mol. The van der Waals surface area contributed by atoms with E-state index in [-0.39, 0.29) is 5.69 Å². The van der Waals surface area contributed by atoms with Gasteiger partial charge >= 0.3 is 12.2 Å². The molecule has 0 spiro atoms. The number of halogens is 3. The van der Waals surface area contributed by atoms with Gasteiger partial charge in [-0.25, -0.2) is 14.8 Å². The van der Waals surface area contributed by atoms with Crippen molar-refractivity contribution in [1.29, 1.82) is 0 Å². The Balaban J connectivity index is 2.69. The van der Waals surface area contributed by atoms with E-state index in [1.807, 2.05) is 5.32 Å². The highest BCUT2D eigenvalue weighted by molar-refractivity contribution is 6.02. The first-order chi connectivity index (χ1) is 7.79. The summed E-state index contributed by atoms with van der Waals surface area (Å²) in [6, 6.07) is -0.937. The highest BCUT2D eigenvalue weighted by Gasteiger charge is 2.34. The van der Waals surface area contributed by atoms with Crippen molar-refractivity contribution in [3.63, 3.8) is 0 Å². The second kappa shape index (κ2) is 4.76. The molecule has 0 atom stereocenters. The van der Waals surface area contributed by atoms with Gasteiger partial charge in [0.25, 0.3) is 0 Å². The summed E-state index contributed by atoms with van der Waals surface area (Å²) in [5.41, 5.74) is -0.0863. The van der Waals surface area contributed by atoms with Crippen molar-refractivity contribution in [3.05, 3.63) is 25.1 Å². The summed E-state index contributed by atoms with van der Waals surface area (Å²) in [5.74, 6) is -2.17. The number of carbonyl (C=O) groups excluding carboxylic acids is 2. The smallest absolute Gasteiger partial charge is 0.305 e. The number of nitrogens with one attached hydrogen (secondary N) is 2. The number of carbonyl (C=O) groups is 2. The lowest BCUT2D eigenvalue weighted by Crippen LogP contribution is -2.32. The van der Waals surface area contributed by atoms with Crippen molar-refractivity contribution < 1.29 is 22.8 Å². The molecule has 0 fully saturated rings. The molecule has 9 heteroatoms. The number of hydrogen-bond acceptors (Lipinski definition) is 4. The SMILES string of the molecule is [CH2]C(=O)NC(=O)Nc1cnc(C(F)(F)F)nc1. The van der Waals surface area contributed by atoms with Crippen LogP contribution in [0.15, 0.2) is 12.4 Å². The van der Waals surface area contributed by atoms with E-state index in [0.717, 1.165) is 12.4 Å². The molecule has 0 aromatic carbocycles. The molecule has 0 saturated carbocycles. The number of alkyl halides is 3. The van der Waals surface area contributed by atoms with E-state index in [4.69, 9.17) is 0 Å². The Hall–Kier alpha value is -2.19. The second-order valence-electron chi connectivity index (χ2n) is 2.80. The molecule has 0 aliphatic carbocycles. The third kappa shape index (κ3) is 4.05. The molecule has 0 bridgehead atoms. The van der Waals surface area contributed by atoms with Crippen molar-refractivity contribution in [1.82, 2.24) is 15.3 Å². The molecule has 0 saturated heterocycles. The van der Waals surface area contributed by atoms with Gasteiger partial charge in [-0.05, 0) is 0 Å². The maximum atomic E-state index is 12.1. The summed E-state index contributed by atoms with van der Waals surface area (Å²) in [5, 5.41) is 3.81. The van der Waals surface area contributed by atoms with Gasteiger partial charge in [0.1, 0.15) is 0 Å². The van der Waals surface area contributed by atoms with Crippen molar-refractivity contribution in [2.45, 2.75) is 6.18 Å². The summed E-state index contributed by atoms with van der Waals surface area (Å²) in [6.07, 6.45) is -3.12. The Morgan fingerprint density at radius 2 is 1.76 bits per heavy atom. The number of anilines is 1. The van der Waals surface area contributed by atoms with Crippen LogP contribution in [0.3, 0.4) is 0 Å². The molecule has 1 aromatic rings. The lowest BCUT2D eigenvalue weighted by Gasteiger charge is -2.06. The van der Waals surface area contributed by atoms with E-state index in [9.17, 15) is 22.8 Å². The molecule has 91 valence electrons. The molecule has 3 amide bonds. The molecule has 1 aromatic heterocycles. The minimum absolute atomic E-state index is 0.0863. The first kappa shape index (κ1) is 12.9. The maximum Gasteiger partial charge on any atom is 0.451 e. The maximum absolute atomic E-state index is 12.1. The zero-order valence-corrected chi connectivity index (χ0v) is 8.21. The average Bonchev–Trinajstić information content (AvgIpc) is 2.15. The molecular formula is C8H6F3N4O2. The van der Waals surface area contributed by atoms with Crippen LogP contribution < -0.4 is 10.6 Å². The van der Waals surface area contributed by atoms with Crippen LogP contribution in [-0.2, 0) is 11.0 Å². The monoisotopic (exact) mass is 247 g/mol. The van der Waals surface area contributed by atoms with E-state index in [1.54, 1.807) is 5.32 Å². The van der Waals surface area contributed by atoms with E-state index >= 15 is 0 Å². The summed E-state index contributed by atoms with van der Waals surface area (Å²) < 4.78 is 36.2. The van der Waals surface area contributed by atoms with Gasteiger partial charge < -0.3 is 5.32 Å². The number of urea groups is 1. The first-order valence-corrected chi connectivity index (χ1v) is 4.12. The highest BCUT2D eigenvalue weighted by atomic mass is 19.4. The molecule has 17 heavy (non-hydrogen) atoms. The Kier molecular flexibility index (Phi) is 3.61. The van der Waals surface area contributed by atoms with Gasteiger partial charge in [-0.2, -0.15) is 13.2 Å². The number of amides is 3. The van der Waals surface area contributed by atoms with Crippen LogP contribution in [0.1, 0.15) is 5.82 Å². The van der Waals surface area contributed by atoms with Crippen LogP contribution in [0, 0.1) is 6.92 Å². The van der Waals surface area contributed by atoms with E-state index in [1.165, 1.54) is 0 Å². The third-order valence-electron chi connectivity index (χ3n) is 1.42. The molecule has 1 rings (SSSR count). The van der Waals surface area contributed by atoms with Crippen LogP contribution in [0.2, 0.25) is 0 Å². The fraction of sp³-hybridized carbons (Fsp3) is 0.125. The normalized spacial score (nSPS) is 10.8. The molecule has 1 heterocycles. The first-order valence-electron chi connectivity index (χ1n) is 4.12. The van der Waals surface area contributed by atoms with Gasteiger partial charge in [0.2, 0.25) is 11.7 Å². The zero-order valence-electron chi connectivity index (χ0n) is 8.21. The molecule has 1 radical (unpaired) electrons. The second-order valence-corrected chi connectivity index (χ2v) is 2.80. The Morgan fingerprint density at radius 1 is 1.24 bits per heavy atom. The van der Waals surface area contributed by atoms with Gasteiger partial charge in [0.15, 0.2) is 0 Å². The largest absolute Gasteiger partial charge is 0.451 e. The standard InChI is InChI=1S/C8H6F3N4O2/c1-4(16)14-7(17)15-5-2-12-6(13-3-5)8(9,10)11/h2-3H,1H2,(H2,14,15,16,17). The van der Waals surface area contributed by atoms with Crippen molar-refractivity contribution in [2.24, 2.45) is 0 Å². The molecule has 6 nitrogen and oxygen atoms in total. The predicted molar refractivity (Wildman–Crippen MR) is 49.6 cm³/mol. The van der Waals surface area contributed by atoms with Crippen LogP contribution >= 0.6 is 0 Å². The Morgan fingerprint density at radius 3 is 2.18 bits per heavy atom. The van der Waals surface area contributed by atoms with E-state index < -0.39 is 23.9 Å². The molecule has 0 unspecified atom stereocenters. The van der Waals surface area contributed by atoms with E-state index in [2.05, 4.69) is 16.9 Å². The molecule has 2 N–H and O–H groups in total. The average molecular weight is 247 g/mol. The predicted octanol–water partition coefficient (Wildman–Crippen LogP) is 0.978. The molecule has 0 aliphatic heterocycles. The summed E-state index contributed by atoms with van der Waals surface area (Å²) >= 11 is 0. The third-order valence-corrected chi connectivity index (χ3v) is 1.42. The summed E-state index contributed by atoms with van der Waals surface area (Å²) in [7, 11) is 0. The highest BCUT2D eigenvalue weighted by Crippen LogP contribution is 2.25.